The van der Waals surface area contributed by atoms with Crippen molar-refractivity contribution >= 4 is 28.9 Å². The summed E-state index contributed by atoms with van der Waals surface area (Å²) in [7, 11) is 0. The van der Waals surface area contributed by atoms with Crippen LogP contribution in [0.5, 0.6) is 0 Å². The number of thiophene rings is 1. The second kappa shape index (κ2) is 6.51. The van der Waals surface area contributed by atoms with Gasteiger partial charge in [-0.1, -0.05) is 6.07 Å². The summed E-state index contributed by atoms with van der Waals surface area (Å²) >= 11 is 3.14. The van der Waals surface area contributed by atoms with E-state index in [0.29, 0.717) is 6.42 Å². The second-order valence-corrected chi connectivity index (χ2v) is 5.46. The molecule has 0 atom stereocenters. The normalized spacial score (nSPS) is 10.4. The SMILES string of the molecule is O=C(CCCSc1cnccn1)c1cccs1. The summed E-state index contributed by atoms with van der Waals surface area (Å²) in [5, 5.41) is 2.85. The van der Waals surface area contributed by atoms with E-state index in [9.17, 15) is 4.79 Å². The summed E-state index contributed by atoms with van der Waals surface area (Å²) in [6, 6.07) is 3.79. The molecule has 0 aliphatic heterocycles. The fourth-order valence-electron chi connectivity index (χ4n) is 1.33. The number of ketones is 1. The molecule has 0 saturated heterocycles. The lowest BCUT2D eigenvalue weighted by molar-refractivity contribution is 0.0986. The average Bonchev–Trinajstić information content (AvgIpc) is 2.89. The number of Topliss-reactive ketones (excluding diaryl/α,β-unsaturated/α-hetero) is 1. The Morgan fingerprint density at radius 2 is 2.35 bits per heavy atom. The van der Waals surface area contributed by atoms with Crippen molar-refractivity contribution in [1.82, 2.24) is 9.97 Å². The first kappa shape index (κ1) is 12.3. The van der Waals surface area contributed by atoms with Gasteiger partial charge in [-0.3, -0.25) is 9.78 Å². The Kier molecular flexibility index (Phi) is 4.70. The Morgan fingerprint density at radius 1 is 1.41 bits per heavy atom. The zero-order valence-corrected chi connectivity index (χ0v) is 10.8. The molecule has 2 rings (SSSR count). The molecule has 2 aromatic heterocycles. The first-order chi connectivity index (χ1) is 8.36. The van der Waals surface area contributed by atoms with Gasteiger partial charge in [0, 0.05) is 18.8 Å². The minimum absolute atomic E-state index is 0.236. The third kappa shape index (κ3) is 3.94. The van der Waals surface area contributed by atoms with Gasteiger partial charge in [-0.25, -0.2) is 4.98 Å². The fraction of sp³-hybridized carbons (Fsp3) is 0.250. The van der Waals surface area contributed by atoms with Gasteiger partial charge in [0.25, 0.3) is 0 Å². The zero-order valence-electron chi connectivity index (χ0n) is 9.20. The summed E-state index contributed by atoms with van der Waals surface area (Å²) in [4.78, 5) is 20.7. The highest BCUT2D eigenvalue weighted by Crippen LogP contribution is 2.17. The highest BCUT2D eigenvalue weighted by molar-refractivity contribution is 7.99. The minimum atomic E-state index is 0.236. The van der Waals surface area contributed by atoms with Crippen molar-refractivity contribution in [1.29, 1.82) is 0 Å². The Balaban J connectivity index is 1.69. The molecule has 0 aliphatic rings. The van der Waals surface area contributed by atoms with Gasteiger partial charge in [0.2, 0.25) is 0 Å². The van der Waals surface area contributed by atoms with E-state index in [0.717, 1.165) is 22.1 Å². The molecule has 2 heterocycles. The van der Waals surface area contributed by atoms with Crippen LogP contribution in [0.4, 0.5) is 0 Å². The molecule has 0 aromatic carbocycles. The molecular formula is C12H12N2OS2. The number of rotatable bonds is 6. The van der Waals surface area contributed by atoms with E-state index >= 15 is 0 Å². The van der Waals surface area contributed by atoms with Crippen LogP contribution in [0.25, 0.3) is 0 Å². The van der Waals surface area contributed by atoms with E-state index in [2.05, 4.69) is 9.97 Å². The predicted octanol–water partition coefficient (Wildman–Crippen LogP) is 3.29. The van der Waals surface area contributed by atoms with Gasteiger partial charge in [0.1, 0.15) is 5.03 Å². The number of aromatic nitrogens is 2. The lowest BCUT2D eigenvalue weighted by Crippen LogP contribution is -1.96. The predicted molar refractivity (Wildman–Crippen MR) is 70.6 cm³/mol. The van der Waals surface area contributed by atoms with Crippen molar-refractivity contribution in [2.24, 2.45) is 0 Å². The molecule has 0 bridgehead atoms. The van der Waals surface area contributed by atoms with E-state index in [1.54, 1.807) is 30.4 Å². The minimum Gasteiger partial charge on any atom is -0.293 e. The van der Waals surface area contributed by atoms with Crippen molar-refractivity contribution < 1.29 is 4.79 Å². The molecule has 5 heteroatoms. The maximum absolute atomic E-state index is 11.7. The van der Waals surface area contributed by atoms with Gasteiger partial charge in [-0.2, -0.15) is 0 Å². The Hall–Kier alpha value is -1.20. The van der Waals surface area contributed by atoms with Gasteiger partial charge < -0.3 is 0 Å². The molecule has 0 saturated carbocycles. The molecule has 0 fully saturated rings. The lowest BCUT2D eigenvalue weighted by atomic mass is 10.2. The molecule has 3 nitrogen and oxygen atoms in total. The summed E-state index contributed by atoms with van der Waals surface area (Å²) in [5.74, 6) is 1.13. The molecule has 0 aliphatic carbocycles. The summed E-state index contributed by atoms with van der Waals surface area (Å²) in [6.45, 7) is 0. The average molecular weight is 264 g/mol. The first-order valence-electron chi connectivity index (χ1n) is 5.32. The van der Waals surface area contributed by atoms with Crippen molar-refractivity contribution in [2.75, 3.05) is 5.75 Å². The number of nitrogens with zero attached hydrogens (tertiary/aromatic N) is 2. The number of carbonyl (C=O) groups is 1. The maximum atomic E-state index is 11.7. The first-order valence-corrected chi connectivity index (χ1v) is 7.18. The fourth-order valence-corrected chi connectivity index (χ4v) is 2.79. The van der Waals surface area contributed by atoms with Crippen LogP contribution in [-0.2, 0) is 0 Å². The van der Waals surface area contributed by atoms with Gasteiger partial charge >= 0.3 is 0 Å². The summed E-state index contributed by atoms with van der Waals surface area (Å²) < 4.78 is 0. The zero-order chi connectivity index (χ0) is 11.9. The van der Waals surface area contributed by atoms with E-state index in [1.807, 2.05) is 17.5 Å². The van der Waals surface area contributed by atoms with Crippen LogP contribution in [0.2, 0.25) is 0 Å². The Morgan fingerprint density at radius 3 is 3.06 bits per heavy atom. The van der Waals surface area contributed by atoms with Crippen LogP contribution in [-0.4, -0.2) is 21.5 Å². The van der Waals surface area contributed by atoms with Crippen molar-refractivity contribution in [3.05, 3.63) is 41.0 Å². The molecule has 0 spiro atoms. The highest BCUT2D eigenvalue weighted by atomic mass is 32.2. The van der Waals surface area contributed by atoms with E-state index in [4.69, 9.17) is 0 Å². The largest absolute Gasteiger partial charge is 0.293 e. The monoisotopic (exact) mass is 264 g/mol. The van der Waals surface area contributed by atoms with Crippen LogP contribution >= 0.6 is 23.1 Å². The van der Waals surface area contributed by atoms with Gasteiger partial charge in [-0.05, 0) is 23.6 Å². The Bertz CT molecular complexity index is 457. The Labute approximate surface area is 108 Å². The van der Waals surface area contributed by atoms with Crippen molar-refractivity contribution in [2.45, 2.75) is 17.9 Å². The van der Waals surface area contributed by atoms with Crippen molar-refractivity contribution in [3.8, 4) is 0 Å². The third-order valence-corrected chi connectivity index (χ3v) is 4.04. The summed E-state index contributed by atoms with van der Waals surface area (Å²) in [6.07, 6.45) is 6.56. The smallest absolute Gasteiger partial charge is 0.172 e. The molecule has 0 unspecified atom stereocenters. The molecule has 17 heavy (non-hydrogen) atoms. The second-order valence-electron chi connectivity index (χ2n) is 3.40. The molecule has 2 aromatic rings. The molecule has 0 amide bonds. The van der Waals surface area contributed by atoms with Gasteiger partial charge in [0.15, 0.2) is 5.78 Å². The molecule has 0 N–H and O–H groups in total. The standard InChI is InChI=1S/C12H12N2OS2/c15-10(11-4-2-7-16-11)3-1-8-17-12-9-13-5-6-14-12/h2,4-7,9H,1,3,8H2. The quantitative estimate of drug-likeness (QED) is 0.456. The number of hydrogen-bond donors (Lipinski definition) is 0. The molecule has 88 valence electrons. The number of hydrogen-bond acceptors (Lipinski definition) is 5. The van der Waals surface area contributed by atoms with Gasteiger partial charge in [0.05, 0.1) is 11.1 Å². The molecule has 0 radical (unpaired) electrons. The number of carbonyl (C=O) groups excluding carboxylic acids is 1. The van der Waals surface area contributed by atoms with Crippen LogP contribution in [0.15, 0.2) is 41.1 Å². The number of thioether (sulfide) groups is 1. The van der Waals surface area contributed by atoms with E-state index in [-0.39, 0.29) is 5.78 Å². The topological polar surface area (TPSA) is 42.9 Å². The maximum Gasteiger partial charge on any atom is 0.172 e. The van der Waals surface area contributed by atoms with Gasteiger partial charge in [-0.15, -0.1) is 23.1 Å². The van der Waals surface area contributed by atoms with Crippen LogP contribution in [0.1, 0.15) is 22.5 Å². The van der Waals surface area contributed by atoms with E-state index in [1.165, 1.54) is 11.3 Å². The highest BCUT2D eigenvalue weighted by Gasteiger charge is 2.06. The third-order valence-electron chi connectivity index (χ3n) is 2.13. The lowest BCUT2D eigenvalue weighted by Gasteiger charge is -1.99. The molecular weight excluding hydrogens is 252 g/mol. The van der Waals surface area contributed by atoms with Crippen LogP contribution < -0.4 is 0 Å². The van der Waals surface area contributed by atoms with E-state index < -0.39 is 0 Å². The van der Waals surface area contributed by atoms with Crippen molar-refractivity contribution in [3.63, 3.8) is 0 Å². The van der Waals surface area contributed by atoms with Crippen LogP contribution in [0, 0.1) is 0 Å². The van der Waals surface area contributed by atoms with Crippen LogP contribution in [0.3, 0.4) is 0 Å². The summed E-state index contributed by atoms with van der Waals surface area (Å²) in [5.41, 5.74) is 0.